The largest absolute Gasteiger partial charge is 0.480 e. The van der Waals surface area contributed by atoms with Crippen LogP contribution in [0.25, 0.3) is 0 Å². The standard InChI is InChI=1S/C26H32ClF3N4O3S/c1-2-3-4-5-10-20(24(36)37)38-25-32-21(27)15-22(33-25)34-13-11-17(12-14-34)23(35)31-16-18-8-6-7-9-19(18)26(28,29)30/h6-9,15,17,20H,2-5,10-14,16H2,1H3,(H,31,35)(H,36,37). The number of hydrogen-bond acceptors (Lipinski definition) is 6. The second-order valence-corrected chi connectivity index (χ2v) is 10.8. The number of hydrogen-bond donors (Lipinski definition) is 2. The number of benzene rings is 1. The van der Waals surface area contributed by atoms with E-state index < -0.39 is 23.0 Å². The van der Waals surface area contributed by atoms with Crippen molar-refractivity contribution >= 4 is 41.1 Å². The molecule has 1 amide bonds. The molecule has 0 saturated carbocycles. The molecule has 2 heterocycles. The van der Waals surface area contributed by atoms with Crippen LogP contribution < -0.4 is 10.2 Å². The lowest BCUT2D eigenvalue weighted by molar-refractivity contribution is -0.138. The predicted molar refractivity (Wildman–Crippen MR) is 141 cm³/mol. The Balaban J connectivity index is 1.56. The summed E-state index contributed by atoms with van der Waals surface area (Å²) in [7, 11) is 0. The quantitative estimate of drug-likeness (QED) is 0.135. The van der Waals surface area contributed by atoms with E-state index in [0.29, 0.717) is 43.3 Å². The van der Waals surface area contributed by atoms with Crippen molar-refractivity contribution in [3.8, 4) is 0 Å². The Labute approximate surface area is 229 Å². The van der Waals surface area contributed by atoms with Gasteiger partial charge in [-0.05, 0) is 30.9 Å². The first-order valence-electron chi connectivity index (χ1n) is 12.7. The molecule has 1 fully saturated rings. The molecule has 0 bridgehead atoms. The van der Waals surface area contributed by atoms with Crippen LogP contribution in [0.15, 0.2) is 35.5 Å². The van der Waals surface area contributed by atoms with Gasteiger partial charge in [-0.3, -0.25) is 9.59 Å². The van der Waals surface area contributed by atoms with Crippen LogP contribution in [-0.2, 0) is 22.3 Å². The lowest BCUT2D eigenvalue weighted by Gasteiger charge is -2.32. The van der Waals surface area contributed by atoms with Crippen molar-refractivity contribution in [2.24, 2.45) is 5.92 Å². The molecule has 1 atom stereocenters. The topological polar surface area (TPSA) is 95.4 Å². The third kappa shape index (κ3) is 8.76. The van der Waals surface area contributed by atoms with Crippen LogP contribution in [0.5, 0.6) is 0 Å². The molecule has 0 spiro atoms. The molecule has 7 nitrogen and oxygen atoms in total. The molecule has 3 rings (SSSR count). The molecule has 1 aliphatic rings. The number of aliphatic carboxylic acids is 1. The van der Waals surface area contributed by atoms with E-state index in [-0.39, 0.29) is 29.1 Å². The summed E-state index contributed by atoms with van der Waals surface area (Å²) in [6, 6.07) is 6.81. The van der Waals surface area contributed by atoms with Gasteiger partial charge >= 0.3 is 12.1 Å². The van der Waals surface area contributed by atoms with Gasteiger partial charge in [0.2, 0.25) is 5.91 Å². The van der Waals surface area contributed by atoms with Crippen molar-refractivity contribution in [2.45, 2.75) is 75.0 Å². The number of piperidine rings is 1. The van der Waals surface area contributed by atoms with Crippen molar-refractivity contribution < 1.29 is 27.9 Å². The van der Waals surface area contributed by atoms with Gasteiger partial charge in [0.1, 0.15) is 16.2 Å². The molecular weight excluding hydrogens is 541 g/mol. The molecule has 2 aromatic rings. The van der Waals surface area contributed by atoms with E-state index in [2.05, 4.69) is 22.2 Å². The van der Waals surface area contributed by atoms with Gasteiger partial charge in [-0.25, -0.2) is 9.97 Å². The smallest absolute Gasteiger partial charge is 0.416 e. The number of halogens is 4. The zero-order chi connectivity index (χ0) is 27.7. The average Bonchev–Trinajstić information content (AvgIpc) is 2.88. The number of carboxylic acid groups (broad SMARTS) is 1. The first-order valence-corrected chi connectivity index (χ1v) is 14.0. The highest BCUT2D eigenvalue weighted by atomic mass is 35.5. The first kappa shape index (κ1) is 30.0. The van der Waals surface area contributed by atoms with Crippen LogP contribution in [-0.4, -0.2) is 45.3 Å². The molecule has 1 unspecified atom stereocenters. The molecule has 208 valence electrons. The van der Waals surface area contributed by atoms with Crippen molar-refractivity contribution in [2.75, 3.05) is 18.0 Å². The van der Waals surface area contributed by atoms with Gasteiger partial charge < -0.3 is 15.3 Å². The Hall–Kier alpha value is -2.53. The number of nitrogens with one attached hydrogen (secondary N) is 1. The van der Waals surface area contributed by atoms with Crippen LogP contribution in [0.1, 0.15) is 63.0 Å². The van der Waals surface area contributed by atoms with Gasteiger partial charge in [-0.1, -0.05) is 74.2 Å². The molecular formula is C26H32ClF3N4O3S. The van der Waals surface area contributed by atoms with E-state index in [4.69, 9.17) is 11.6 Å². The Kier molecular flexibility index (Phi) is 11.1. The van der Waals surface area contributed by atoms with Gasteiger partial charge in [-0.15, -0.1) is 0 Å². The van der Waals surface area contributed by atoms with Gasteiger partial charge in [0.15, 0.2) is 5.16 Å². The van der Waals surface area contributed by atoms with Crippen LogP contribution in [0.3, 0.4) is 0 Å². The minimum absolute atomic E-state index is 0.0245. The highest BCUT2D eigenvalue weighted by molar-refractivity contribution is 8.00. The molecule has 38 heavy (non-hydrogen) atoms. The highest BCUT2D eigenvalue weighted by Crippen LogP contribution is 2.32. The maximum absolute atomic E-state index is 13.2. The number of alkyl halides is 3. The monoisotopic (exact) mass is 572 g/mol. The van der Waals surface area contributed by atoms with Crippen LogP contribution in [0.4, 0.5) is 19.0 Å². The summed E-state index contributed by atoms with van der Waals surface area (Å²) in [5, 5.41) is 12.1. The number of carbonyl (C=O) groups is 2. The third-order valence-electron chi connectivity index (χ3n) is 6.47. The second kappa shape index (κ2) is 14.0. The zero-order valence-corrected chi connectivity index (χ0v) is 22.7. The second-order valence-electron chi connectivity index (χ2n) is 9.26. The number of anilines is 1. The fraction of sp³-hybridized carbons (Fsp3) is 0.538. The number of rotatable bonds is 12. The fourth-order valence-corrected chi connectivity index (χ4v) is 5.53. The van der Waals surface area contributed by atoms with Crippen molar-refractivity contribution in [3.63, 3.8) is 0 Å². The Morgan fingerprint density at radius 2 is 1.89 bits per heavy atom. The van der Waals surface area contributed by atoms with E-state index in [1.165, 1.54) is 18.2 Å². The molecule has 1 saturated heterocycles. The number of thioether (sulfide) groups is 1. The van der Waals surface area contributed by atoms with Crippen LogP contribution in [0, 0.1) is 5.92 Å². The normalized spacial score (nSPS) is 15.3. The van der Waals surface area contributed by atoms with Gasteiger partial charge in [0, 0.05) is 31.6 Å². The van der Waals surface area contributed by atoms with Crippen molar-refractivity contribution in [1.29, 1.82) is 0 Å². The summed E-state index contributed by atoms with van der Waals surface area (Å²) in [4.78, 5) is 35.1. The van der Waals surface area contributed by atoms with E-state index in [0.717, 1.165) is 43.5 Å². The number of carbonyl (C=O) groups excluding carboxylic acids is 1. The molecule has 1 aliphatic heterocycles. The summed E-state index contributed by atoms with van der Waals surface area (Å²) in [5.74, 6) is -0.983. The van der Waals surface area contributed by atoms with Gasteiger partial charge in [0.25, 0.3) is 0 Å². The van der Waals surface area contributed by atoms with E-state index in [9.17, 15) is 27.9 Å². The maximum Gasteiger partial charge on any atom is 0.416 e. The fourth-order valence-electron chi connectivity index (χ4n) is 4.37. The Bertz CT molecular complexity index is 1100. The van der Waals surface area contributed by atoms with Gasteiger partial charge in [0.05, 0.1) is 5.56 Å². The SMILES string of the molecule is CCCCCCC(Sc1nc(Cl)cc(N2CCC(C(=O)NCc3ccccc3C(F)(F)F)CC2)n1)C(=O)O. The van der Waals surface area contributed by atoms with Crippen LogP contribution in [0.2, 0.25) is 5.15 Å². The van der Waals surface area contributed by atoms with Gasteiger partial charge in [-0.2, -0.15) is 13.2 Å². The van der Waals surface area contributed by atoms with E-state index >= 15 is 0 Å². The number of aromatic nitrogens is 2. The zero-order valence-electron chi connectivity index (χ0n) is 21.1. The first-order chi connectivity index (χ1) is 18.1. The lowest BCUT2D eigenvalue weighted by atomic mass is 9.95. The average molecular weight is 573 g/mol. The van der Waals surface area contributed by atoms with Crippen LogP contribution >= 0.6 is 23.4 Å². The lowest BCUT2D eigenvalue weighted by Crippen LogP contribution is -2.40. The highest BCUT2D eigenvalue weighted by Gasteiger charge is 2.33. The summed E-state index contributed by atoms with van der Waals surface area (Å²) >= 11 is 7.30. The van der Waals surface area contributed by atoms with Crippen molar-refractivity contribution in [1.82, 2.24) is 15.3 Å². The molecule has 0 aliphatic carbocycles. The number of carboxylic acids is 1. The predicted octanol–water partition coefficient (Wildman–Crippen LogP) is 6.20. The van der Waals surface area contributed by atoms with E-state index in [1.807, 2.05) is 4.90 Å². The minimum Gasteiger partial charge on any atom is -0.480 e. The van der Waals surface area contributed by atoms with Crippen molar-refractivity contribution in [3.05, 3.63) is 46.6 Å². The Morgan fingerprint density at radius 1 is 1.18 bits per heavy atom. The number of amides is 1. The summed E-state index contributed by atoms with van der Waals surface area (Å²) in [6.07, 6.45) is 0.918. The summed E-state index contributed by atoms with van der Waals surface area (Å²) in [6.45, 7) is 2.89. The summed E-state index contributed by atoms with van der Waals surface area (Å²) in [5.41, 5.74) is -0.730. The summed E-state index contributed by atoms with van der Waals surface area (Å²) < 4.78 is 39.6. The molecule has 0 radical (unpaired) electrons. The number of unbranched alkanes of at least 4 members (excludes halogenated alkanes) is 3. The molecule has 2 N–H and O–H groups in total. The van der Waals surface area contributed by atoms with E-state index in [1.54, 1.807) is 6.07 Å². The minimum atomic E-state index is -4.48. The Morgan fingerprint density at radius 3 is 2.55 bits per heavy atom. The molecule has 12 heteroatoms. The third-order valence-corrected chi connectivity index (χ3v) is 7.78. The molecule has 1 aromatic carbocycles. The maximum atomic E-state index is 13.2. The number of nitrogens with zero attached hydrogens (tertiary/aromatic N) is 3. The molecule has 1 aromatic heterocycles.